The summed E-state index contributed by atoms with van der Waals surface area (Å²) in [6, 6.07) is 5.01. The molecule has 2 aromatic rings. The van der Waals surface area contributed by atoms with Gasteiger partial charge in [-0.2, -0.15) is 4.31 Å². The molecule has 0 spiro atoms. The summed E-state index contributed by atoms with van der Waals surface area (Å²) in [5.74, 6) is 0.00404. The normalized spacial score (nSPS) is 16.5. The summed E-state index contributed by atoms with van der Waals surface area (Å²) in [6.45, 7) is 1.52. The molecule has 1 aliphatic rings. The van der Waals surface area contributed by atoms with Gasteiger partial charge < -0.3 is 4.90 Å². The van der Waals surface area contributed by atoms with E-state index in [4.69, 9.17) is 11.6 Å². The summed E-state index contributed by atoms with van der Waals surface area (Å²) in [4.78, 5) is 10.1. The monoisotopic (exact) mass is 356 g/mol. The van der Waals surface area contributed by atoms with Gasteiger partial charge in [0.2, 0.25) is 16.0 Å². The summed E-state index contributed by atoms with van der Waals surface area (Å²) < 4.78 is 39.7. The Kier molecular flexibility index (Phi) is 4.47. The number of hydrogen-bond acceptors (Lipinski definition) is 5. The van der Waals surface area contributed by atoms with E-state index in [2.05, 4.69) is 9.97 Å². The number of aromatic nitrogens is 2. The number of sulfonamides is 1. The van der Waals surface area contributed by atoms with E-state index in [1.54, 1.807) is 18.5 Å². The lowest BCUT2D eigenvalue weighted by Gasteiger charge is -2.34. The molecule has 0 atom stereocenters. The zero-order valence-corrected chi connectivity index (χ0v) is 13.6. The second kappa shape index (κ2) is 6.38. The van der Waals surface area contributed by atoms with Crippen LogP contribution in [0, 0.1) is 5.82 Å². The first-order chi connectivity index (χ1) is 11.0. The van der Waals surface area contributed by atoms with Gasteiger partial charge in [0.1, 0.15) is 10.7 Å². The lowest BCUT2D eigenvalue weighted by molar-refractivity contribution is 0.382. The van der Waals surface area contributed by atoms with Crippen LogP contribution in [0.3, 0.4) is 0 Å². The third-order valence-corrected chi connectivity index (χ3v) is 5.97. The number of piperazine rings is 1. The van der Waals surface area contributed by atoms with Crippen molar-refractivity contribution in [3.05, 3.63) is 47.5 Å². The Labute approximate surface area is 138 Å². The molecule has 1 fully saturated rings. The van der Waals surface area contributed by atoms with Crippen molar-refractivity contribution < 1.29 is 12.8 Å². The fraction of sp³-hybridized carbons (Fsp3) is 0.286. The summed E-state index contributed by atoms with van der Waals surface area (Å²) in [5.41, 5.74) is 0. The van der Waals surface area contributed by atoms with E-state index >= 15 is 0 Å². The molecule has 6 nitrogen and oxygen atoms in total. The Bertz CT molecular complexity index is 796. The van der Waals surface area contributed by atoms with E-state index in [9.17, 15) is 12.8 Å². The molecule has 1 aromatic carbocycles. The van der Waals surface area contributed by atoms with Crippen LogP contribution in [0.5, 0.6) is 0 Å². The minimum atomic E-state index is -3.75. The average Bonchev–Trinajstić information content (AvgIpc) is 2.55. The lowest BCUT2D eigenvalue weighted by atomic mass is 10.3. The highest BCUT2D eigenvalue weighted by atomic mass is 35.5. The van der Waals surface area contributed by atoms with E-state index in [1.807, 2.05) is 4.90 Å². The van der Waals surface area contributed by atoms with E-state index < -0.39 is 15.8 Å². The van der Waals surface area contributed by atoms with Crippen molar-refractivity contribution in [2.75, 3.05) is 31.1 Å². The van der Waals surface area contributed by atoms with Gasteiger partial charge in [0, 0.05) is 38.6 Å². The maximum Gasteiger partial charge on any atom is 0.244 e. The number of benzene rings is 1. The van der Waals surface area contributed by atoms with Crippen LogP contribution in [0.25, 0.3) is 0 Å². The molecule has 122 valence electrons. The molecule has 0 amide bonds. The third kappa shape index (κ3) is 3.29. The Morgan fingerprint density at radius 2 is 1.74 bits per heavy atom. The number of nitrogens with zero attached hydrogens (tertiary/aromatic N) is 4. The quantitative estimate of drug-likeness (QED) is 0.838. The van der Waals surface area contributed by atoms with E-state index in [1.165, 1.54) is 10.4 Å². The molecule has 9 heteroatoms. The molecule has 0 saturated carbocycles. The van der Waals surface area contributed by atoms with Crippen molar-refractivity contribution in [3.63, 3.8) is 0 Å². The topological polar surface area (TPSA) is 66.4 Å². The summed E-state index contributed by atoms with van der Waals surface area (Å²) in [5, 5.41) is -0.112. The van der Waals surface area contributed by atoms with Gasteiger partial charge >= 0.3 is 0 Å². The highest BCUT2D eigenvalue weighted by Crippen LogP contribution is 2.26. The molecule has 0 bridgehead atoms. The zero-order chi connectivity index (χ0) is 16.4. The van der Waals surface area contributed by atoms with Crippen LogP contribution < -0.4 is 4.90 Å². The molecule has 1 saturated heterocycles. The van der Waals surface area contributed by atoms with Crippen LogP contribution >= 0.6 is 11.6 Å². The van der Waals surface area contributed by atoms with Gasteiger partial charge in [-0.25, -0.2) is 22.8 Å². The molecular weight excluding hydrogens is 343 g/mol. The minimum absolute atomic E-state index is 0.0787. The molecule has 0 N–H and O–H groups in total. The molecule has 23 heavy (non-hydrogen) atoms. The summed E-state index contributed by atoms with van der Waals surface area (Å²) in [7, 11) is -3.75. The summed E-state index contributed by atoms with van der Waals surface area (Å²) >= 11 is 5.88. The number of hydrogen-bond donors (Lipinski definition) is 0. The maximum absolute atomic E-state index is 13.1. The van der Waals surface area contributed by atoms with Crippen molar-refractivity contribution in [3.8, 4) is 0 Å². The Morgan fingerprint density at radius 3 is 2.35 bits per heavy atom. The Hall–Kier alpha value is -1.77. The first kappa shape index (κ1) is 16.1. The predicted molar refractivity (Wildman–Crippen MR) is 84.4 cm³/mol. The van der Waals surface area contributed by atoms with Crippen molar-refractivity contribution in [1.82, 2.24) is 14.3 Å². The van der Waals surface area contributed by atoms with Gasteiger partial charge in [-0.3, -0.25) is 0 Å². The minimum Gasteiger partial charge on any atom is -0.338 e. The van der Waals surface area contributed by atoms with Crippen LogP contribution in [-0.2, 0) is 10.0 Å². The van der Waals surface area contributed by atoms with Crippen molar-refractivity contribution in [2.45, 2.75) is 4.90 Å². The fourth-order valence-corrected chi connectivity index (χ4v) is 4.33. The van der Waals surface area contributed by atoms with E-state index in [0.29, 0.717) is 19.0 Å². The summed E-state index contributed by atoms with van der Waals surface area (Å²) in [6.07, 6.45) is 3.29. The molecule has 0 aliphatic carbocycles. The smallest absolute Gasteiger partial charge is 0.244 e. The highest BCUT2D eigenvalue weighted by molar-refractivity contribution is 7.89. The first-order valence-corrected chi connectivity index (χ1v) is 8.77. The van der Waals surface area contributed by atoms with Gasteiger partial charge in [0.05, 0.1) is 5.02 Å². The van der Waals surface area contributed by atoms with Crippen LogP contribution in [0.2, 0.25) is 5.02 Å². The first-order valence-electron chi connectivity index (χ1n) is 6.95. The molecule has 1 aliphatic heterocycles. The zero-order valence-electron chi connectivity index (χ0n) is 12.1. The van der Waals surface area contributed by atoms with Crippen molar-refractivity contribution in [2.24, 2.45) is 0 Å². The molecule has 2 heterocycles. The van der Waals surface area contributed by atoms with Gasteiger partial charge in [-0.05, 0) is 24.3 Å². The average molecular weight is 357 g/mol. The van der Waals surface area contributed by atoms with Gasteiger partial charge in [0.25, 0.3) is 0 Å². The Balaban J connectivity index is 1.76. The Morgan fingerprint density at radius 1 is 1.09 bits per heavy atom. The fourth-order valence-electron chi connectivity index (χ4n) is 2.41. The van der Waals surface area contributed by atoms with Crippen LogP contribution in [-0.4, -0.2) is 48.9 Å². The molecule has 0 radical (unpaired) electrons. The van der Waals surface area contributed by atoms with Gasteiger partial charge in [-0.15, -0.1) is 0 Å². The van der Waals surface area contributed by atoms with Crippen molar-refractivity contribution >= 4 is 27.6 Å². The SMILES string of the molecule is O=S(=O)(c1ccc(F)cc1Cl)N1CCN(c2ncccn2)CC1. The van der Waals surface area contributed by atoms with Crippen LogP contribution in [0.15, 0.2) is 41.6 Å². The predicted octanol–water partition coefficient (Wildman–Crippen LogP) is 1.78. The molecule has 3 rings (SSSR count). The van der Waals surface area contributed by atoms with Crippen molar-refractivity contribution in [1.29, 1.82) is 0 Å². The third-order valence-electron chi connectivity index (χ3n) is 3.59. The largest absolute Gasteiger partial charge is 0.338 e. The molecule has 1 aromatic heterocycles. The van der Waals surface area contributed by atoms with Crippen LogP contribution in [0.1, 0.15) is 0 Å². The highest BCUT2D eigenvalue weighted by Gasteiger charge is 2.30. The molecular formula is C14H14ClFN4O2S. The van der Waals surface area contributed by atoms with E-state index in [0.717, 1.165) is 12.1 Å². The lowest BCUT2D eigenvalue weighted by Crippen LogP contribution is -2.49. The number of anilines is 1. The van der Waals surface area contributed by atoms with Crippen LogP contribution in [0.4, 0.5) is 10.3 Å². The van der Waals surface area contributed by atoms with Gasteiger partial charge in [0.15, 0.2) is 0 Å². The number of rotatable bonds is 3. The second-order valence-corrected chi connectivity index (χ2v) is 7.33. The van der Waals surface area contributed by atoms with E-state index in [-0.39, 0.29) is 23.0 Å². The number of halogens is 2. The standard InChI is InChI=1S/C14H14ClFN4O2S/c15-12-10-11(16)2-3-13(12)23(21,22)20-8-6-19(7-9-20)14-17-4-1-5-18-14/h1-5,10H,6-9H2. The maximum atomic E-state index is 13.1. The van der Waals surface area contributed by atoms with Gasteiger partial charge in [-0.1, -0.05) is 11.6 Å². The molecule has 0 unspecified atom stereocenters. The second-order valence-electron chi connectivity index (χ2n) is 5.01.